The normalized spacial score (nSPS) is 16.8. The van der Waals surface area contributed by atoms with Crippen LogP contribution in [-0.2, 0) is 5.60 Å². The van der Waals surface area contributed by atoms with Gasteiger partial charge in [0.1, 0.15) is 23.5 Å². The molecule has 224 valence electrons. The molecule has 0 spiro atoms. The summed E-state index contributed by atoms with van der Waals surface area (Å²) >= 11 is 14.3. The van der Waals surface area contributed by atoms with E-state index < -0.39 is 40.6 Å². The largest absolute Gasteiger partial charge is 0.404 e. The zero-order valence-corrected chi connectivity index (χ0v) is 25.5. The van der Waals surface area contributed by atoms with Crippen LogP contribution < -0.4 is 4.72 Å². The van der Waals surface area contributed by atoms with E-state index in [-0.39, 0.29) is 58.4 Å². The van der Waals surface area contributed by atoms with Crippen molar-refractivity contribution in [3.8, 4) is 21.3 Å². The molecule has 16 heteroatoms. The number of likely N-dealkylation sites (tertiary alicyclic amines) is 1. The molecule has 0 bridgehead atoms. The fourth-order valence-electron chi connectivity index (χ4n) is 3.90. The maximum Gasteiger partial charge on any atom is 0.404 e. The number of rotatable bonds is 7. The summed E-state index contributed by atoms with van der Waals surface area (Å²) < 4.78 is 61.1. The number of hydrogen-bond acceptors (Lipinski definition) is 8. The van der Waals surface area contributed by atoms with Gasteiger partial charge in [-0.15, -0.1) is 11.3 Å². The highest BCUT2D eigenvalue weighted by atomic mass is 35.5. The van der Waals surface area contributed by atoms with Crippen molar-refractivity contribution in [1.29, 1.82) is 0 Å². The zero-order chi connectivity index (χ0) is 30.3. The second-order valence-corrected chi connectivity index (χ2v) is 13.4. The summed E-state index contributed by atoms with van der Waals surface area (Å²) in [6.45, 7) is 5.95. The van der Waals surface area contributed by atoms with Crippen LogP contribution in [0.3, 0.4) is 0 Å². The first-order chi connectivity index (χ1) is 19.1. The third-order valence-corrected chi connectivity index (χ3v) is 10.2. The molecule has 1 unspecified atom stereocenters. The first-order valence-electron chi connectivity index (χ1n) is 12.5. The van der Waals surface area contributed by atoms with Crippen LogP contribution in [-0.4, -0.2) is 67.9 Å². The molecule has 2 atom stereocenters. The van der Waals surface area contributed by atoms with Gasteiger partial charge in [0, 0.05) is 23.5 Å². The Morgan fingerprint density at radius 2 is 1.90 bits per heavy atom. The van der Waals surface area contributed by atoms with Gasteiger partial charge in [-0.25, -0.2) is 9.37 Å². The Labute approximate surface area is 250 Å². The molecule has 8 nitrogen and oxygen atoms in total. The highest BCUT2D eigenvalue weighted by Gasteiger charge is 2.37. The number of aliphatic hydroxyl groups is 1. The molecule has 41 heavy (non-hydrogen) atoms. The van der Waals surface area contributed by atoms with Crippen molar-refractivity contribution in [2.75, 3.05) is 13.1 Å². The lowest BCUT2D eigenvalue weighted by Gasteiger charge is -2.28. The summed E-state index contributed by atoms with van der Waals surface area (Å²) in [7, 11) is -1.20. The minimum Gasteiger partial charge on any atom is -0.381 e. The van der Waals surface area contributed by atoms with Crippen LogP contribution in [0.5, 0.6) is 0 Å². The number of alkyl halides is 4. The van der Waals surface area contributed by atoms with Gasteiger partial charge in [0.05, 0.1) is 14.9 Å². The van der Waals surface area contributed by atoms with Crippen LogP contribution in [0.4, 0.5) is 17.6 Å². The third-order valence-electron chi connectivity index (χ3n) is 6.24. The second-order valence-electron chi connectivity index (χ2n) is 9.84. The number of carbonyl (C=O) groups excluding carboxylic acids is 1. The molecule has 4 rings (SSSR count). The van der Waals surface area contributed by atoms with E-state index in [1.165, 1.54) is 18.7 Å². The van der Waals surface area contributed by atoms with Crippen LogP contribution in [0.25, 0.3) is 21.3 Å². The fourth-order valence-corrected chi connectivity index (χ4v) is 7.24. The van der Waals surface area contributed by atoms with E-state index in [0.717, 1.165) is 18.3 Å². The molecule has 0 saturated carbocycles. The summed E-state index contributed by atoms with van der Waals surface area (Å²) in [5.74, 6) is -0.489. The topological polar surface area (TPSA) is 104 Å². The number of nitrogens with one attached hydrogen (secondary N) is 1. The van der Waals surface area contributed by atoms with E-state index in [9.17, 15) is 27.5 Å². The van der Waals surface area contributed by atoms with Crippen LogP contribution >= 0.6 is 45.2 Å². The SMILES string of the molecule is C/C=S(/N[C@@H](C)C(F)(F)F)c1ccc(-c2sc(-c3noc(C(C)(C)O)n3)nc2C(=O)N2CCC(F)CC2)c(Cl)c1Cl. The maximum atomic E-state index is 13.8. The second kappa shape index (κ2) is 12.3. The van der Waals surface area contributed by atoms with E-state index in [1.54, 1.807) is 24.4 Å². The standard InChI is InChI=1S/C25H27Cl2F4N5O3S2/c1-5-41(35-12(2)25(29,30)31)15-7-6-14(16(26)17(15)27)19-18(22(37)36-10-8-13(28)9-11-36)32-21(40-19)20-33-23(39-34-20)24(3,4)38/h5-7,12-13,35,38H,8-11H2,1-4H3/t12-,41?/m0/s1. The van der Waals surface area contributed by atoms with Crippen molar-refractivity contribution in [1.82, 2.24) is 24.7 Å². The van der Waals surface area contributed by atoms with Crippen LogP contribution in [0.15, 0.2) is 21.6 Å². The molecule has 1 amide bonds. The van der Waals surface area contributed by atoms with Gasteiger partial charge in [0.15, 0.2) is 5.01 Å². The van der Waals surface area contributed by atoms with Crippen molar-refractivity contribution in [3.63, 3.8) is 0 Å². The molecule has 1 saturated heterocycles. The Bertz CT molecular complexity index is 1460. The molecule has 0 radical (unpaired) electrons. The van der Waals surface area contributed by atoms with Gasteiger partial charge < -0.3 is 14.5 Å². The number of hydrogen-bond donors (Lipinski definition) is 2. The number of carbonyl (C=O) groups is 1. The lowest BCUT2D eigenvalue weighted by molar-refractivity contribution is -0.146. The van der Waals surface area contributed by atoms with Crippen molar-refractivity contribution >= 4 is 56.5 Å². The van der Waals surface area contributed by atoms with Crippen LogP contribution in [0.1, 0.15) is 56.9 Å². The lowest BCUT2D eigenvalue weighted by atomic mass is 10.1. The Morgan fingerprint density at radius 1 is 1.24 bits per heavy atom. The van der Waals surface area contributed by atoms with Gasteiger partial charge in [-0.05, 0) is 52.0 Å². The number of amides is 1. The molecular weight excluding hydrogens is 629 g/mol. The number of aromatic nitrogens is 3. The summed E-state index contributed by atoms with van der Waals surface area (Å²) in [4.78, 5) is 24.4. The number of thiazole rings is 1. The molecule has 3 heterocycles. The molecule has 2 aromatic heterocycles. The van der Waals surface area contributed by atoms with Crippen LogP contribution in [0.2, 0.25) is 10.0 Å². The quantitative estimate of drug-likeness (QED) is 0.211. The summed E-state index contributed by atoms with van der Waals surface area (Å²) in [5, 5.41) is 15.9. The zero-order valence-electron chi connectivity index (χ0n) is 22.4. The van der Waals surface area contributed by atoms with Gasteiger partial charge in [-0.2, -0.15) is 18.2 Å². The number of halogens is 6. The van der Waals surface area contributed by atoms with E-state index >= 15 is 0 Å². The molecule has 1 aromatic carbocycles. The van der Waals surface area contributed by atoms with Crippen molar-refractivity contribution < 1.29 is 32.0 Å². The molecule has 3 aromatic rings. The number of benzene rings is 1. The molecule has 1 fully saturated rings. The third kappa shape index (κ3) is 6.94. The fraction of sp³-hybridized carbons (Fsp3) is 0.480. The Hall–Kier alpha value is -2.10. The first-order valence-corrected chi connectivity index (χ1v) is 15.3. The summed E-state index contributed by atoms with van der Waals surface area (Å²) in [5.41, 5.74) is -1.09. The van der Waals surface area contributed by atoms with E-state index in [2.05, 4.69) is 19.8 Å². The Balaban J connectivity index is 1.79. The van der Waals surface area contributed by atoms with Crippen molar-refractivity contribution in [2.45, 2.75) is 69.4 Å². The number of nitrogens with zero attached hydrogens (tertiary/aromatic N) is 4. The van der Waals surface area contributed by atoms with Gasteiger partial charge in [0.2, 0.25) is 5.82 Å². The van der Waals surface area contributed by atoms with Gasteiger partial charge in [-0.1, -0.05) is 45.1 Å². The molecule has 1 aliphatic rings. The Morgan fingerprint density at radius 3 is 2.46 bits per heavy atom. The predicted molar refractivity (Wildman–Crippen MR) is 152 cm³/mol. The van der Waals surface area contributed by atoms with E-state index in [0.29, 0.717) is 15.3 Å². The summed E-state index contributed by atoms with van der Waals surface area (Å²) in [6.07, 6.45) is -5.07. The predicted octanol–water partition coefficient (Wildman–Crippen LogP) is 6.87. The minimum absolute atomic E-state index is 0.00695. The molecular formula is C25H27Cl2F4N5O3S2. The highest BCUT2D eigenvalue weighted by Crippen LogP contribution is 2.45. The van der Waals surface area contributed by atoms with Crippen LogP contribution in [0, 0.1) is 0 Å². The molecule has 0 aliphatic carbocycles. The summed E-state index contributed by atoms with van der Waals surface area (Å²) in [6, 6.07) is 1.31. The molecule has 2 N–H and O–H groups in total. The minimum atomic E-state index is -4.46. The highest BCUT2D eigenvalue weighted by molar-refractivity contribution is 8.13. The average molecular weight is 657 g/mol. The van der Waals surface area contributed by atoms with Gasteiger partial charge in [-0.3, -0.25) is 9.52 Å². The first kappa shape index (κ1) is 31.8. The van der Waals surface area contributed by atoms with Gasteiger partial charge in [0.25, 0.3) is 11.8 Å². The van der Waals surface area contributed by atoms with Gasteiger partial charge >= 0.3 is 6.18 Å². The smallest absolute Gasteiger partial charge is 0.381 e. The van der Waals surface area contributed by atoms with Crippen molar-refractivity contribution in [3.05, 3.63) is 33.8 Å². The van der Waals surface area contributed by atoms with E-state index in [4.69, 9.17) is 27.7 Å². The number of piperidine rings is 1. The average Bonchev–Trinajstić information content (AvgIpc) is 3.56. The monoisotopic (exact) mass is 655 g/mol. The maximum absolute atomic E-state index is 13.8. The van der Waals surface area contributed by atoms with E-state index in [1.807, 2.05) is 0 Å². The molecule has 1 aliphatic heterocycles. The van der Waals surface area contributed by atoms with Crippen molar-refractivity contribution in [2.24, 2.45) is 0 Å². The Kier molecular flexibility index (Phi) is 9.51. The lowest BCUT2D eigenvalue weighted by Crippen LogP contribution is -2.39.